The zero-order valence-electron chi connectivity index (χ0n) is 12.8. The summed E-state index contributed by atoms with van der Waals surface area (Å²) in [4.78, 5) is 27.5. The molecule has 25 heavy (non-hydrogen) atoms. The number of carboxylic acid groups (broad SMARTS) is 2. The maximum atomic E-state index is 11.6. The van der Waals surface area contributed by atoms with Crippen LogP contribution in [0.3, 0.4) is 0 Å². The number of rotatable bonds is 5. The first-order valence-corrected chi connectivity index (χ1v) is 7.71. The standard InChI is InChI=1S/C18H13ClN2O4/c19-12-6-7-14-11(8-12)9-13(17(22)23)16(20-14)21-15(18(24)25)10-4-2-1-3-5-10/h1-9,15H,(H,20,21)(H,22,23)(H,24,25). The van der Waals surface area contributed by atoms with E-state index in [2.05, 4.69) is 10.3 Å². The topological polar surface area (TPSA) is 99.5 Å². The van der Waals surface area contributed by atoms with Gasteiger partial charge in [0.1, 0.15) is 11.4 Å². The van der Waals surface area contributed by atoms with E-state index < -0.39 is 18.0 Å². The van der Waals surface area contributed by atoms with Gasteiger partial charge in [-0.25, -0.2) is 14.6 Å². The minimum atomic E-state index is -1.21. The van der Waals surface area contributed by atoms with Crippen molar-refractivity contribution in [1.29, 1.82) is 0 Å². The Morgan fingerprint density at radius 1 is 1.04 bits per heavy atom. The van der Waals surface area contributed by atoms with Crippen molar-refractivity contribution in [2.24, 2.45) is 0 Å². The van der Waals surface area contributed by atoms with E-state index in [1.807, 2.05) is 0 Å². The van der Waals surface area contributed by atoms with Crippen molar-refractivity contribution >= 4 is 40.3 Å². The number of hydrogen-bond donors (Lipinski definition) is 3. The molecule has 6 nitrogen and oxygen atoms in total. The van der Waals surface area contributed by atoms with E-state index in [4.69, 9.17) is 11.6 Å². The number of hydrogen-bond acceptors (Lipinski definition) is 4. The van der Waals surface area contributed by atoms with E-state index in [0.29, 0.717) is 21.5 Å². The predicted molar refractivity (Wildman–Crippen MR) is 94.2 cm³/mol. The van der Waals surface area contributed by atoms with E-state index in [-0.39, 0.29) is 11.4 Å². The number of aliphatic carboxylic acids is 1. The summed E-state index contributed by atoms with van der Waals surface area (Å²) in [6.07, 6.45) is 0. The lowest BCUT2D eigenvalue weighted by Crippen LogP contribution is -2.22. The highest BCUT2D eigenvalue weighted by Gasteiger charge is 2.23. The Bertz CT molecular complexity index is 960. The fourth-order valence-corrected chi connectivity index (χ4v) is 2.67. The molecule has 0 radical (unpaired) electrons. The summed E-state index contributed by atoms with van der Waals surface area (Å²) in [5.74, 6) is -2.37. The molecule has 0 fully saturated rings. The molecule has 3 rings (SSSR count). The van der Waals surface area contributed by atoms with Crippen LogP contribution in [0, 0.1) is 0 Å². The van der Waals surface area contributed by atoms with Gasteiger partial charge in [-0.05, 0) is 29.8 Å². The molecule has 7 heteroatoms. The molecule has 0 amide bonds. The summed E-state index contributed by atoms with van der Waals surface area (Å²) in [7, 11) is 0. The van der Waals surface area contributed by atoms with Crippen molar-refractivity contribution in [1.82, 2.24) is 4.98 Å². The summed E-state index contributed by atoms with van der Waals surface area (Å²) in [6, 6.07) is 13.6. The van der Waals surface area contributed by atoms with Crippen molar-refractivity contribution in [3.8, 4) is 0 Å². The van der Waals surface area contributed by atoms with Crippen LogP contribution in [0.15, 0.2) is 54.6 Å². The van der Waals surface area contributed by atoms with Gasteiger partial charge in [0.05, 0.1) is 5.52 Å². The molecule has 2 aromatic carbocycles. The van der Waals surface area contributed by atoms with Crippen LogP contribution in [0.2, 0.25) is 5.02 Å². The van der Waals surface area contributed by atoms with Gasteiger partial charge in [0.15, 0.2) is 6.04 Å². The first kappa shape index (κ1) is 16.7. The molecule has 0 aliphatic heterocycles. The van der Waals surface area contributed by atoms with Gasteiger partial charge >= 0.3 is 11.9 Å². The number of aromatic nitrogens is 1. The zero-order valence-corrected chi connectivity index (χ0v) is 13.6. The number of nitrogens with zero attached hydrogens (tertiary/aromatic N) is 1. The number of aromatic carboxylic acids is 1. The Morgan fingerprint density at radius 3 is 2.40 bits per heavy atom. The third-order valence-corrected chi connectivity index (χ3v) is 3.90. The summed E-state index contributed by atoms with van der Waals surface area (Å²) in [6.45, 7) is 0. The van der Waals surface area contributed by atoms with Crippen LogP contribution in [-0.2, 0) is 4.79 Å². The van der Waals surface area contributed by atoms with Crippen molar-refractivity contribution < 1.29 is 19.8 Å². The van der Waals surface area contributed by atoms with Crippen LogP contribution in [0.4, 0.5) is 5.82 Å². The number of anilines is 1. The predicted octanol–water partition coefficient (Wildman–Crippen LogP) is 3.82. The first-order chi connectivity index (χ1) is 12.0. The van der Waals surface area contributed by atoms with E-state index in [9.17, 15) is 19.8 Å². The molecule has 1 heterocycles. The summed E-state index contributed by atoms with van der Waals surface area (Å²) < 4.78 is 0. The molecule has 3 N–H and O–H groups in total. The van der Waals surface area contributed by atoms with E-state index in [1.54, 1.807) is 48.5 Å². The fraction of sp³-hybridized carbons (Fsp3) is 0.0556. The Kier molecular flexibility index (Phi) is 4.54. The Balaban J connectivity index is 2.09. The lowest BCUT2D eigenvalue weighted by molar-refractivity contribution is -0.138. The van der Waals surface area contributed by atoms with Gasteiger partial charge in [0, 0.05) is 10.4 Å². The van der Waals surface area contributed by atoms with Gasteiger partial charge in [-0.1, -0.05) is 41.9 Å². The second-order valence-corrected chi connectivity index (χ2v) is 5.79. The molecule has 0 spiro atoms. The van der Waals surface area contributed by atoms with Gasteiger partial charge in [-0.3, -0.25) is 0 Å². The number of carboxylic acids is 2. The van der Waals surface area contributed by atoms with E-state index >= 15 is 0 Å². The van der Waals surface area contributed by atoms with Crippen LogP contribution in [0.25, 0.3) is 10.9 Å². The van der Waals surface area contributed by atoms with Crippen molar-refractivity contribution in [3.63, 3.8) is 0 Å². The molecule has 1 atom stereocenters. The fourth-order valence-electron chi connectivity index (χ4n) is 2.49. The van der Waals surface area contributed by atoms with Gasteiger partial charge in [-0.2, -0.15) is 0 Å². The maximum absolute atomic E-state index is 11.6. The Morgan fingerprint density at radius 2 is 1.76 bits per heavy atom. The lowest BCUT2D eigenvalue weighted by Gasteiger charge is -2.17. The van der Waals surface area contributed by atoms with Crippen LogP contribution in [-0.4, -0.2) is 27.1 Å². The normalized spacial score (nSPS) is 11.9. The number of fused-ring (bicyclic) bond motifs is 1. The number of pyridine rings is 1. The molecule has 0 saturated carbocycles. The monoisotopic (exact) mass is 356 g/mol. The highest BCUT2D eigenvalue weighted by molar-refractivity contribution is 6.31. The molecule has 0 aliphatic carbocycles. The molecule has 0 saturated heterocycles. The third kappa shape index (κ3) is 3.54. The maximum Gasteiger partial charge on any atom is 0.339 e. The molecule has 0 aliphatic rings. The molecular weight excluding hydrogens is 344 g/mol. The average Bonchev–Trinajstić information content (AvgIpc) is 2.59. The first-order valence-electron chi connectivity index (χ1n) is 7.33. The van der Waals surface area contributed by atoms with Gasteiger partial charge < -0.3 is 15.5 Å². The highest BCUT2D eigenvalue weighted by atomic mass is 35.5. The summed E-state index contributed by atoms with van der Waals surface area (Å²) in [5, 5.41) is 22.7. The molecular formula is C18H13ClN2O4. The summed E-state index contributed by atoms with van der Waals surface area (Å²) >= 11 is 5.93. The van der Waals surface area contributed by atoms with Crippen molar-refractivity contribution in [3.05, 3.63) is 70.7 Å². The molecule has 1 aromatic heterocycles. The van der Waals surface area contributed by atoms with Crippen molar-refractivity contribution in [2.75, 3.05) is 5.32 Å². The second-order valence-electron chi connectivity index (χ2n) is 5.35. The Hall–Kier alpha value is -3.12. The molecule has 0 bridgehead atoms. The smallest absolute Gasteiger partial charge is 0.339 e. The molecule has 126 valence electrons. The number of halogens is 1. The largest absolute Gasteiger partial charge is 0.479 e. The second kappa shape index (κ2) is 6.78. The minimum absolute atomic E-state index is 0.0152. The van der Waals surface area contributed by atoms with E-state index in [1.165, 1.54) is 6.07 Å². The highest BCUT2D eigenvalue weighted by Crippen LogP contribution is 2.26. The van der Waals surface area contributed by atoms with Gasteiger partial charge in [-0.15, -0.1) is 0 Å². The summed E-state index contributed by atoms with van der Waals surface area (Å²) in [5.41, 5.74) is 0.871. The van der Waals surface area contributed by atoms with Crippen LogP contribution < -0.4 is 5.32 Å². The third-order valence-electron chi connectivity index (χ3n) is 3.67. The van der Waals surface area contributed by atoms with E-state index in [0.717, 1.165) is 0 Å². The quantitative estimate of drug-likeness (QED) is 0.642. The van der Waals surface area contributed by atoms with Crippen LogP contribution in [0.1, 0.15) is 22.0 Å². The van der Waals surface area contributed by atoms with Crippen LogP contribution >= 0.6 is 11.6 Å². The zero-order chi connectivity index (χ0) is 18.0. The molecule has 1 unspecified atom stereocenters. The lowest BCUT2D eigenvalue weighted by atomic mass is 10.1. The SMILES string of the molecule is O=C(O)c1cc2cc(Cl)ccc2nc1NC(C(=O)O)c1ccccc1. The number of nitrogens with one attached hydrogen (secondary N) is 1. The van der Waals surface area contributed by atoms with Gasteiger partial charge in [0.2, 0.25) is 0 Å². The van der Waals surface area contributed by atoms with Crippen LogP contribution in [0.5, 0.6) is 0 Å². The average molecular weight is 357 g/mol. The number of benzene rings is 2. The van der Waals surface area contributed by atoms with Gasteiger partial charge in [0.25, 0.3) is 0 Å². The van der Waals surface area contributed by atoms with Crippen molar-refractivity contribution in [2.45, 2.75) is 6.04 Å². The number of carbonyl (C=O) groups is 2. The minimum Gasteiger partial charge on any atom is -0.479 e. The molecule has 3 aromatic rings. The Labute approximate surface area is 147 Å².